The number of aryl methyl sites for hydroxylation is 1. The number of benzene rings is 2. The van der Waals surface area contributed by atoms with Gasteiger partial charge in [-0.1, -0.05) is 42.0 Å². The van der Waals surface area contributed by atoms with Crippen LogP contribution in [-0.4, -0.2) is 25.7 Å². The Labute approximate surface area is 160 Å². The van der Waals surface area contributed by atoms with Gasteiger partial charge in [-0.25, -0.2) is 8.42 Å². The third-order valence-corrected chi connectivity index (χ3v) is 6.29. The minimum Gasteiger partial charge on any atom is -0.496 e. The molecule has 0 aliphatic carbocycles. The fourth-order valence-corrected chi connectivity index (χ4v) is 4.50. The normalized spacial score (nSPS) is 11.3. The quantitative estimate of drug-likeness (QED) is 0.658. The molecule has 1 aromatic heterocycles. The van der Waals surface area contributed by atoms with Crippen LogP contribution in [0.25, 0.3) is 10.6 Å². The summed E-state index contributed by atoms with van der Waals surface area (Å²) in [6, 6.07) is 11.8. The van der Waals surface area contributed by atoms with Crippen LogP contribution in [0.4, 0.5) is 5.13 Å². The first-order valence-corrected chi connectivity index (χ1v) is 10.4. The monoisotopic (exact) mass is 409 g/mol. The van der Waals surface area contributed by atoms with Crippen molar-refractivity contribution in [1.82, 2.24) is 10.2 Å². The molecule has 136 valence electrons. The van der Waals surface area contributed by atoms with Gasteiger partial charge in [0, 0.05) is 10.6 Å². The molecular weight excluding hydrogens is 394 g/mol. The first-order chi connectivity index (χ1) is 12.4. The highest BCUT2D eigenvalue weighted by Crippen LogP contribution is 2.29. The second kappa shape index (κ2) is 7.61. The highest BCUT2D eigenvalue weighted by atomic mass is 35.5. The highest BCUT2D eigenvalue weighted by Gasteiger charge is 2.19. The summed E-state index contributed by atoms with van der Waals surface area (Å²) in [4.78, 5) is 0.151. The lowest BCUT2D eigenvalue weighted by atomic mass is 10.1. The Balaban J connectivity index is 1.85. The minimum atomic E-state index is -3.77. The van der Waals surface area contributed by atoms with Crippen LogP contribution in [0.5, 0.6) is 5.75 Å². The van der Waals surface area contributed by atoms with Crippen molar-refractivity contribution in [1.29, 1.82) is 0 Å². The van der Waals surface area contributed by atoms with Gasteiger partial charge in [0.1, 0.15) is 10.8 Å². The van der Waals surface area contributed by atoms with Crippen LogP contribution in [-0.2, 0) is 16.4 Å². The summed E-state index contributed by atoms with van der Waals surface area (Å²) in [5.74, 6) is 0.660. The number of halogens is 1. The third kappa shape index (κ3) is 3.98. The topological polar surface area (TPSA) is 81.2 Å². The van der Waals surface area contributed by atoms with Gasteiger partial charge in [0.05, 0.1) is 12.0 Å². The molecule has 1 N–H and O–H groups in total. The van der Waals surface area contributed by atoms with Crippen molar-refractivity contribution < 1.29 is 13.2 Å². The third-order valence-electron chi connectivity index (χ3n) is 3.68. The SMILES string of the molecule is CCc1cc(S(=O)(=O)Nc2nnc(-c3ccc(Cl)cc3)s2)ccc1OC. The molecule has 0 saturated heterocycles. The molecule has 0 aliphatic rings. The molecule has 6 nitrogen and oxygen atoms in total. The summed E-state index contributed by atoms with van der Waals surface area (Å²) in [6.45, 7) is 1.94. The number of nitrogens with zero attached hydrogens (tertiary/aromatic N) is 2. The van der Waals surface area contributed by atoms with Crippen LogP contribution >= 0.6 is 22.9 Å². The first-order valence-electron chi connectivity index (χ1n) is 7.72. The lowest BCUT2D eigenvalue weighted by molar-refractivity contribution is 0.409. The maximum atomic E-state index is 12.6. The Hall–Kier alpha value is -2.16. The van der Waals surface area contributed by atoms with Gasteiger partial charge >= 0.3 is 0 Å². The van der Waals surface area contributed by atoms with E-state index in [0.29, 0.717) is 22.2 Å². The van der Waals surface area contributed by atoms with Crippen molar-refractivity contribution in [3.63, 3.8) is 0 Å². The average molecular weight is 410 g/mol. The van der Waals surface area contributed by atoms with Crippen molar-refractivity contribution in [3.8, 4) is 16.3 Å². The molecule has 2 aromatic carbocycles. The highest BCUT2D eigenvalue weighted by molar-refractivity contribution is 7.93. The van der Waals surface area contributed by atoms with Crippen molar-refractivity contribution in [2.45, 2.75) is 18.2 Å². The predicted octanol–water partition coefficient (Wildman–Crippen LogP) is 4.23. The van der Waals surface area contributed by atoms with Crippen LogP contribution in [0.1, 0.15) is 12.5 Å². The number of ether oxygens (including phenoxy) is 1. The Kier molecular flexibility index (Phi) is 5.45. The molecular formula is C17H16ClN3O3S2. The molecule has 0 saturated carbocycles. The summed E-state index contributed by atoms with van der Waals surface area (Å²) in [5.41, 5.74) is 1.63. The minimum absolute atomic E-state index is 0.151. The van der Waals surface area contributed by atoms with E-state index >= 15 is 0 Å². The number of nitrogens with one attached hydrogen (secondary N) is 1. The van der Waals surface area contributed by atoms with Gasteiger partial charge in [-0.15, -0.1) is 10.2 Å². The van der Waals surface area contributed by atoms with Crippen LogP contribution < -0.4 is 9.46 Å². The molecule has 0 bridgehead atoms. The average Bonchev–Trinajstić information content (AvgIpc) is 3.09. The Bertz CT molecular complexity index is 1020. The maximum absolute atomic E-state index is 12.6. The van der Waals surface area contributed by atoms with Gasteiger partial charge in [-0.05, 0) is 42.3 Å². The zero-order valence-corrected chi connectivity index (χ0v) is 16.5. The van der Waals surface area contributed by atoms with E-state index in [4.69, 9.17) is 16.3 Å². The van der Waals surface area contributed by atoms with Crippen molar-refractivity contribution in [2.75, 3.05) is 11.8 Å². The zero-order chi connectivity index (χ0) is 18.7. The zero-order valence-electron chi connectivity index (χ0n) is 14.1. The van der Waals surface area contributed by atoms with Gasteiger partial charge in [-0.3, -0.25) is 4.72 Å². The van der Waals surface area contributed by atoms with E-state index in [1.54, 1.807) is 43.5 Å². The van der Waals surface area contributed by atoms with E-state index < -0.39 is 10.0 Å². The number of anilines is 1. The van der Waals surface area contributed by atoms with Gasteiger partial charge in [-0.2, -0.15) is 0 Å². The molecule has 0 aliphatic heterocycles. The second-order valence-electron chi connectivity index (χ2n) is 5.35. The van der Waals surface area contributed by atoms with Crippen LogP contribution in [0.3, 0.4) is 0 Å². The lowest BCUT2D eigenvalue weighted by Crippen LogP contribution is -2.13. The largest absolute Gasteiger partial charge is 0.496 e. The molecule has 0 fully saturated rings. The number of hydrogen-bond donors (Lipinski definition) is 1. The van der Waals surface area contributed by atoms with Gasteiger partial charge in [0.15, 0.2) is 0 Å². The van der Waals surface area contributed by atoms with E-state index in [-0.39, 0.29) is 10.0 Å². The molecule has 0 spiro atoms. The van der Waals surface area contributed by atoms with Crippen LogP contribution in [0.2, 0.25) is 5.02 Å². The fraction of sp³-hybridized carbons (Fsp3) is 0.176. The van der Waals surface area contributed by atoms with E-state index in [1.807, 2.05) is 6.92 Å². The van der Waals surface area contributed by atoms with Crippen LogP contribution in [0.15, 0.2) is 47.4 Å². The lowest BCUT2D eigenvalue weighted by Gasteiger charge is -2.10. The summed E-state index contributed by atoms with van der Waals surface area (Å²) < 4.78 is 33.0. The molecule has 0 radical (unpaired) electrons. The standard InChI is InChI=1S/C17H16ClN3O3S2/c1-3-11-10-14(8-9-15(11)24-2)26(22,23)21-17-20-19-16(25-17)12-4-6-13(18)7-5-12/h4-10H,3H2,1-2H3,(H,20,21). The van der Waals surface area contributed by atoms with E-state index in [0.717, 1.165) is 22.5 Å². The number of rotatable bonds is 6. The summed E-state index contributed by atoms with van der Waals surface area (Å²) in [5, 5.41) is 9.37. The Morgan fingerprint density at radius 1 is 1.15 bits per heavy atom. The fourth-order valence-electron chi connectivity index (χ4n) is 2.35. The number of hydrogen-bond acceptors (Lipinski definition) is 6. The Morgan fingerprint density at radius 3 is 2.54 bits per heavy atom. The molecule has 0 atom stereocenters. The number of methoxy groups -OCH3 is 1. The molecule has 3 aromatic rings. The molecule has 1 heterocycles. The summed E-state index contributed by atoms with van der Waals surface area (Å²) in [6.07, 6.45) is 0.659. The molecule has 9 heteroatoms. The number of aromatic nitrogens is 2. The smallest absolute Gasteiger partial charge is 0.263 e. The maximum Gasteiger partial charge on any atom is 0.263 e. The van der Waals surface area contributed by atoms with Crippen molar-refractivity contribution in [3.05, 3.63) is 53.1 Å². The summed E-state index contributed by atoms with van der Waals surface area (Å²) in [7, 11) is -2.21. The Morgan fingerprint density at radius 2 is 1.88 bits per heavy atom. The van der Waals surface area contributed by atoms with Gasteiger partial charge < -0.3 is 4.74 Å². The van der Waals surface area contributed by atoms with Crippen molar-refractivity contribution >= 4 is 38.1 Å². The number of sulfonamides is 1. The molecule has 26 heavy (non-hydrogen) atoms. The van der Waals surface area contributed by atoms with E-state index in [2.05, 4.69) is 14.9 Å². The molecule has 0 unspecified atom stereocenters. The first kappa shape index (κ1) is 18.6. The molecule has 0 amide bonds. The van der Waals surface area contributed by atoms with Gasteiger partial charge in [0.25, 0.3) is 10.0 Å². The predicted molar refractivity (Wildman–Crippen MR) is 104 cm³/mol. The van der Waals surface area contributed by atoms with E-state index in [1.165, 1.54) is 6.07 Å². The molecule has 3 rings (SSSR count). The van der Waals surface area contributed by atoms with Gasteiger partial charge in [0.2, 0.25) is 5.13 Å². The second-order valence-corrected chi connectivity index (χ2v) is 8.45. The van der Waals surface area contributed by atoms with E-state index in [9.17, 15) is 8.42 Å². The van der Waals surface area contributed by atoms with Crippen LogP contribution in [0, 0.1) is 0 Å². The van der Waals surface area contributed by atoms with Crippen molar-refractivity contribution in [2.24, 2.45) is 0 Å². The summed E-state index contributed by atoms with van der Waals surface area (Å²) >= 11 is 7.02.